The summed E-state index contributed by atoms with van der Waals surface area (Å²) >= 11 is 1.60. The molecule has 0 fully saturated rings. The maximum absolute atomic E-state index is 12.4. The Labute approximate surface area is 133 Å². The fraction of sp³-hybridized carbons (Fsp3) is 0.588. The molecule has 0 aliphatic carbocycles. The Morgan fingerprint density at radius 1 is 1.19 bits per heavy atom. The number of nitrogen functional groups attached to an aromatic ring is 1. The Morgan fingerprint density at radius 2 is 1.81 bits per heavy atom. The minimum absolute atomic E-state index is 0.247. The Bertz CT molecular complexity index is 440. The van der Waals surface area contributed by atoms with Crippen molar-refractivity contribution < 1.29 is 4.79 Å². The lowest BCUT2D eigenvalue weighted by atomic mass is 10.2. The van der Waals surface area contributed by atoms with Crippen molar-refractivity contribution in [3.05, 3.63) is 23.8 Å². The topological polar surface area (TPSA) is 46.3 Å². The number of carbonyl (C=O) groups excluding carboxylic acids is 1. The number of carbonyl (C=O) groups is 1. The summed E-state index contributed by atoms with van der Waals surface area (Å²) < 4.78 is 0. The molecule has 0 aromatic heterocycles. The highest BCUT2D eigenvalue weighted by Gasteiger charge is 2.13. The van der Waals surface area contributed by atoms with E-state index in [0.717, 1.165) is 54.9 Å². The molecular formula is C17H28N2OS. The van der Waals surface area contributed by atoms with Crippen molar-refractivity contribution in [1.82, 2.24) is 4.90 Å². The first kappa shape index (κ1) is 17.9. The molecule has 1 amide bonds. The van der Waals surface area contributed by atoms with Crippen molar-refractivity contribution in [2.75, 3.05) is 24.6 Å². The number of thioether (sulfide) groups is 1. The molecule has 0 spiro atoms. The molecule has 0 aliphatic heterocycles. The summed E-state index contributed by atoms with van der Waals surface area (Å²) in [5.41, 5.74) is 7.69. The summed E-state index contributed by atoms with van der Waals surface area (Å²) in [5, 5.41) is 0. The van der Waals surface area contributed by atoms with Crippen molar-refractivity contribution in [3.8, 4) is 0 Å². The summed E-state index contributed by atoms with van der Waals surface area (Å²) in [5.74, 6) is 0.757. The number of aryl methyl sites for hydroxylation is 1. The summed E-state index contributed by atoms with van der Waals surface area (Å²) in [7, 11) is 0. The number of rotatable bonds is 9. The van der Waals surface area contributed by atoms with E-state index in [1.807, 2.05) is 24.0 Å². The highest BCUT2D eigenvalue weighted by Crippen LogP contribution is 2.22. The third-order valence-corrected chi connectivity index (χ3v) is 4.50. The highest BCUT2D eigenvalue weighted by atomic mass is 32.2. The van der Waals surface area contributed by atoms with Gasteiger partial charge in [0.25, 0.3) is 0 Å². The minimum Gasteiger partial charge on any atom is -0.399 e. The van der Waals surface area contributed by atoms with Crippen LogP contribution < -0.4 is 5.73 Å². The van der Waals surface area contributed by atoms with Gasteiger partial charge in [0.2, 0.25) is 5.91 Å². The van der Waals surface area contributed by atoms with Crippen LogP contribution in [0.1, 0.15) is 45.1 Å². The number of amides is 1. The molecule has 0 bridgehead atoms. The van der Waals surface area contributed by atoms with E-state index in [1.54, 1.807) is 11.8 Å². The van der Waals surface area contributed by atoms with Crippen LogP contribution in [0.15, 0.2) is 23.1 Å². The zero-order valence-electron chi connectivity index (χ0n) is 13.5. The van der Waals surface area contributed by atoms with Gasteiger partial charge in [-0.25, -0.2) is 0 Å². The van der Waals surface area contributed by atoms with Gasteiger partial charge in [0, 0.05) is 23.7 Å². The van der Waals surface area contributed by atoms with Gasteiger partial charge in [-0.05, 0) is 43.5 Å². The number of nitrogens with two attached hydrogens (primary N) is 1. The molecule has 0 aliphatic rings. The van der Waals surface area contributed by atoms with Crippen LogP contribution in [0.25, 0.3) is 0 Å². The summed E-state index contributed by atoms with van der Waals surface area (Å²) in [6, 6.07) is 5.95. The molecule has 21 heavy (non-hydrogen) atoms. The monoisotopic (exact) mass is 308 g/mol. The summed E-state index contributed by atoms with van der Waals surface area (Å²) in [4.78, 5) is 15.5. The third-order valence-electron chi connectivity index (χ3n) is 3.52. The Morgan fingerprint density at radius 3 is 2.33 bits per heavy atom. The van der Waals surface area contributed by atoms with E-state index >= 15 is 0 Å². The molecular weight excluding hydrogens is 280 g/mol. The van der Waals surface area contributed by atoms with E-state index in [4.69, 9.17) is 5.73 Å². The number of unbranched alkanes of at least 4 members (excludes halogenated alkanes) is 2. The molecule has 0 saturated carbocycles. The van der Waals surface area contributed by atoms with Crippen molar-refractivity contribution in [2.45, 2.75) is 51.3 Å². The number of nitrogens with zero attached hydrogens (tertiary/aromatic N) is 1. The molecule has 118 valence electrons. The number of benzene rings is 1. The van der Waals surface area contributed by atoms with Crippen LogP contribution in [0, 0.1) is 6.92 Å². The van der Waals surface area contributed by atoms with Gasteiger partial charge in [0.1, 0.15) is 0 Å². The van der Waals surface area contributed by atoms with Crippen LogP contribution in [0.2, 0.25) is 0 Å². The lowest BCUT2D eigenvalue weighted by Crippen LogP contribution is -2.34. The third kappa shape index (κ3) is 6.42. The Hall–Kier alpha value is -1.16. The molecule has 1 rings (SSSR count). The summed E-state index contributed by atoms with van der Waals surface area (Å²) in [6.45, 7) is 8.09. The predicted molar refractivity (Wildman–Crippen MR) is 92.7 cm³/mol. The zero-order valence-corrected chi connectivity index (χ0v) is 14.3. The maximum atomic E-state index is 12.4. The molecule has 0 unspecified atom stereocenters. The van der Waals surface area contributed by atoms with E-state index in [-0.39, 0.29) is 5.91 Å². The predicted octanol–water partition coefficient (Wildman–Crippen LogP) is 4.10. The number of anilines is 1. The SMILES string of the molecule is CCCCN(CCCC)C(=O)CSc1ccc(N)c(C)c1. The Kier molecular flexibility index (Phi) is 8.28. The normalized spacial score (nSPS) is 10.6. The molecule has 0 saturated heterocycles. The summed E-state index contributed by atoms with van der Waals surface area (Å²) in [6.07, 6.45) is 4.42. The van der Waals surface area contributed by atoms with Crippen LogP contribution in [0.3, 0.4) is 0 Å². The molecule has 0 radical (unpaired) electrons. The van der Waals surface area contributed by atoms with Gasteiger partial charge < -0.3 is 10.6 Å². The molecule has 1 aromatic carbocycles. The Balaban J connectivity index is 2.53. The lowest BCUT2D eigenvalue weighted by molar-refractivity contribution is -0.128. The van der Waals surface area contributed by atoms with Crippen molar-refractivity contribution >= 4 is 23.4 Å². The van der Waals surface area contributed by atoms with E-state index in [1.165, 1.54) is 0 Å². The molecule has 1 aromatic rings. The first-order valence-corrected chi connectivity index (χ1v) is 8.83. The first-order valence-electron chi connectivity index (χ1n) is 7.85. The van der Waals surface area contributed by atoms with E-state index in [0.29, 0.717) is 5.75 Å². The van der Waals surface area contributed by atoms with Gasteiger partial charge in [-0.2, -0.15) is 0 Å². The molecule has 3 nitrogen and oxygen atoms in total. The van der Waals surface area contributed by atoms with E-state index < -0.39 is 0 Å². The van der Waals surface area contributed by atoms with Gasteiger partial charge >= 0.3 is 0 Å². The van der Waals surface area contributed by atoms with Gasteiger partial charge in [0.05, 0.1) is 5.75 Å². The zero-order chi connectivity index (χ0) is 15.7. The average Bonchev–Trinajstić information content (AvgIpc) is 2.48. The molecule has 4 heteroatoms. The quantitative estimate of drug-likeness (QED) is 0.552. The van der Waals surface area contributed by atoms with Crippen LogP contribution in [-0.4, -0.2) is 29.6 Å². The first-order chi connectivity index (χ1) is 10.1. The second kappa shape index (κ2) is 9.72. The van der Waals surface area contributed by atoms with E-state index in [2.05, 4.69) is 19.9 Å². The fourth-order valence-corrected chi connectivity index (χ4v) is 2.93. The maximum Gasteiger partial charge on any atom is 0.232 e. The lowest BCUT2D eigenvalue weighted by Gasteiger charge is -2.22. The second-order valence-electron chi connectivity index (χ2n) is 5.39. The standard InChI is InChI=1S/C17H28N2OS/c1-4-6-10-19(11-7-5-2)17(20)13-21-15-8-9-16(18)14(3)12-15/h8-9,12H,4-7,10-11,13,18H2,1-3H3. The second-order valence-corrected chi connectivity index (χ2v) is 6.44. The van der Waals surface area contributed by atoms with Gasteiger partial charge in [-0.1, -0.05) is 26.7 Å². The van der Waals surface area contributed by atoms with E-state index in [9.17, 15) is 4.79 Å². The average molecular weight is 308 g/mol. The van der Waals surface area contributed by atoms with Crippen LogP contribution >= 0.6 is 11.8 Å². The molecule has 0 atom stereocenters. The number of hydrogen-bond acceptors (Lipinski definition) is 3. The van der Waals surface area contributed by atoms with Gasteiger partial charge in [-0.3, -0.25) is 4.79 Å². The van der Waals surface area contributed by atoms with Crippen LogP contribution in [0.4, 0.5) is 5.69 Å². The van der Waals surface area contributed by atoms with Crippen molar-refractivity contribution in [2.24, 2.45) is 0 Å². The molecule has 0 heterocycles. The van der Waals surface area contributed by atoms with Gasteiger partial charge in [0.15, 0.2) is 0 Å². The highest BCUT2D eigenvalue weighted by molar-refractivity contribution is 8.00. The van der Waals surface area contributed by atoms with Crippen molar-refractivity contribution in [3.63, 3.8) is 0 Å². The van der Waals surface area contributed by atoms with Crippen LogP contribution in [0.5, 0.6) is 0 Å². The largest absolute Gasteiger partial charge is 0.399 e. The fourth-order valence-electron chi connectivity index (χ4n) is 2.03. The van der Waals surface area contributed by atoms with Crippen molar-refractivity contribution in [1.29, 1.82) is 0 Å². The van der Waals surface area contributed by atoms with Gasteiger partial charge in [-0.15, -0.1) is 11.8 Å². The molecule has 2 N–H and O–H groups in total. The smallest absolute Gasteiger partial charge is 0.232 e. The van der Waals surface area contributed by atoms with Crippen LogP contribution in [-0.2, 0) is 4.79 Å². The minimum atomic E-state index is 0.247. The number of hydrogen-bond donors (Lipinski definition) is 1.